The topological polar surface area (TPSA) is 43.4 Å². The minimum Gasteiger partial charge on any atom is 0 e. The second-order valence-electron chi connectivity index (χ2n) is 2.01. The summed E-state index contributed by atoms with van der Waals surface area (Å²) in [5.74, 6) is 0. The SMILES string of the molecule is COS(=O)(=O)c1c[c-]ccc1.[Cl][Fe]([Cl])[Cl].[Fe]. The van der Waals surface area contributed by atoms with Crippen molar-refractivity contribution in [1.29, 1.82) is 0 Å². The van der Waals surface area contributed by atoms with Crippen molar-refractivity contribution in [3.8, 4) is 0 Å². The molecule has 9 heteroatoms. The summed E-state index contributed by atoms with van der Waals surface area (Å²) < 4.78 is 26.2. The smallest absolute Gasteiger partial charge is 0 e. The predicted octanol–water partition coefficient (Wildman–Crippen LogP) is 2.89. The molecular weight excluding hydrogens is 382 g/mol. The van der Waals surface area contributed by atoms with E-state index < -0.39 is 21.3 Å². The second-order valence-corrected chi connectivity index (χ2v) is 9.20. The third-order valence-corrected chi connectivity index (χ3v) is 2.46. The maximum absolute atomic E-state index is 11.0. The summed E-state index contributed by atoms with van der Waals surface area (Å²) in [5.41, 5.74) is 0. The van der Waals surface area contributed by atoms with Crippen LogP contribution < -0.4 is 0 Å². The molecule has 3 nitrogen and oxygen atoms in total. The zero-order valence-corrected chi connectivity index (χ0v) is 13.1. The van der Waals surface area contributed by atoms with Crippen molar-refractivity contribution in [2.75, 3.05) is 7.11 Å². The Morgan fingerprint density at radius 3 is 2.19 bits per heavy atom. The van der Waals surface area contributed by atoms with Crippen molar-refractivity contribution in [2.24, 2.45) is 0 Å². The fourth-order valence-corrected chi connectivity index (χ4v) is 1.28. The zero-order valence-electron chi connectivity index (χ0n) is 7.78. The van der Waals surface area contributed by atoms with Gasteiger partial charge in [0.05, 0.1) is 7.11 Å². The molecule has 0 fully saturated rings. The van der Waals surface area contributed by atoms with Gasteiger partial charge in [-0.25, -0.2) is 8.42 Å². The van der Waals surface area contributed by atoms with E-state index in [0.717, 1.165) is 7.11 Å². The molecule has 0 aromatic heterocycles. The van der Waals surface area contributed by atoms with Gasteiger partial charge in [-0.05, 0) is 4.90 Å². The summed E-state index contributed by atoms with van der Waals surface area (Å²) in [5, 5.41) is 0. The van der Waals surface area contributed by atoms with Crippen LogP contribution in [0, 0.1) is 6.07 Å². The number of benzene rings is 1. The minimum atomic E-state index is -3.53. The average molecular weight is 389 g/mol. The Balaban J connectivity index is 0. The Hall–Kier alpha value is 1.04. The molecule has 1 aromatic rings. The van der Waals surface area contributed by atoms with Gasteiger partial charge in [-0.3, -0.25) is 4.18 Å². The molecule has 0 aliphatic carbocycles. The minimum absolute atomic E-state index is 0. The molecule has 0 amide bonds. The molecule has 0 radical (unpaired) electrons. The van der Waals surface area contributed by atoms with Crippen LogP contribution in [0.5, 0.6) is 0 Å². The van der Waals surface area contributed by atoms with E-state index in [9.17, 15) is 8.42 Å². The Kier molecular flexibility index (Phi) is 12.1. The van der Waals surface area contributed by atoms with Crippen LogP contribution in [0.1, 0.15) is 0 Å². The Morgan fingerprint density at radius 2 is 1.88 bits per heavy atom. The monoisotopic (exact) mass is 388 g/mol. The molecule has 0 heterocycles. The van der Waals surface area contributed by atoms with Gasteiger partial charge in [0.15, 0.2) is 0 Å². The molecule has 0 bridgehead atoms. The zero-order chi connectivity index (χ0) is 11.9. The van der Waals surface area contributed by atoms with Gasteiger partial charge in [-0.1, -0.05) is 0 Å². The molecule has 1 rings (SSSR count). The van der Waals surface area contributed by atoms with Crippen molar-refractivity contribution in [2.45, 2.75) is 4.90 Å². The molecule has 0 N–H and O–H groups in total. The molecule has 0 atom stereocenters. The van der Waals surface area contributed by atoms with Crippen LogP contribution in [-0.4, -0.2) is 15.5 Å². The first-order valence-corrected chi connectivity index (χ1v) is 9.30. The predicted molar refractivity (Wildman–Crippen MR) is 57.0 cm³/mol. The largest absolute Gasteiger partial charge is 0 e. The first-order valence-electron chi connectivity index (χ1n) is 3.33. The summed E-state index contributed by atoms with van der Waals surface area (Å²) in [6.07, 6.45) is 0. The normalized spacial score (nSPS) is 10.6. The summed E-state index contributed by atoms with van der Waals surface area (Å²) in [4.78, 5) is 0.127. The molecule has 0 saturated heterocycles. The van der Waals surface area contributed by atoms with Gasteiger partial charge < -0.3 is 0 Å². The van der Waals surface area contributed by atoms with Crippen LogP contribution >= 0.6 is 30.3 Å². The number of hydrogen-bond acceptors (Lipinski definition) is 3. The molecule has 0 aliphatic heterocycles. The molecule has 16 heavy (non-hydrogen) atoms. The van der Waals surface area contributed by atoms with Crippen molar-refractivity contribution >= 4 is 40.4 Å². The van der Waals surface area contributed by atoms with E-state index in [0.29, 0.717) is 0 Å². The van der Waals surface area contributed by atoms with E-state index in [1.807, 2.05) is 0 Å². The maximum atomic E-state index is 11.0. The molecule has 0 spiro atoms. The number of rotatable bonds is 2. The molecule has 0 unspecified atom stereocenters. The third kappa shape index (κ3) is 9.11. The van der Waals surface area contributed by atoms with Gasteiger partial charge in [0.2, 0.25) is 10.1 Å². The first-order chi connectivity index (χ1) is 6.90. The number of halogens is 3. The van der Waals surface area contributed by atoms with Crippen LogP contribution in [-0.2, 0) is 42.5 Å². The summed E-state index contributed by atoms with van der Waals surface area (Å²) in [6.45, 7) is 0. The Morgan fingerprint density at radius 1 is 1.38 bits per heavy atom. The standard InChI is InChI=1S/C7H7O3S.3ClH.2Fe/c1-10-11(8,9)7-5-3-2-4-6-7;;;;;/h2-3,5-6H,1H3;3*1H;;/q-1;;;;;+3/p-3. The van der Waals surface area contributed by atoms with Gasteiger partial charge in [0, 0.05) is 17.1 Å². The van der Waals surface area contributed by atoms with E-state index in [-0.39, 0.29) is 22.0 Å². The van der Waals surface area contributed by atoms with Crippen LogP contribution in [0.2, 0.25) is 0 Å². The Labute approximate surface area is 123 Å². The van der Waals surface area contributed by atoms with Crippen LogP contribution in [0.25, 0.3) is 0 Å². The van der Waals surface area contributed by atoms with Crippen LogP contribution in [0.3, 0.4) is 0 Å². The quantitative estimate of drug-likeness (QED) is 0.444. The number of hydrogen-bond donors (Lipinski definition) is 0. The van der Waals surface area contributed by atoms with Crippen LogP contribution in [0.4, 0.5) is 0 Å². The van der Waals surface area contributed by atoms with Gasteiger partial charge >= 0.3 is 41.5 Å². The summed E-state index contributed by atoms with van der Waals surface area (Å²) >= 11 is -1.33. The molecule has 97 valence electrons. The second kappa shape index (κ2) is 10.0. The van der Waals surface area contributed by atoms with Crippen LogP contribution in [0.15, 0.2) is 29.2 Å². The fourth-order valence-electron chi connectivity index (χ4n) is 0.629. The average Bonchev–Trinajstić information content (AvgIpc) is 2.18. The van der Waals surface area contributed by atoms with Crippen molar-refractivity contribution in [3.05, 3.63) is 30.3 Å². The van der Waals surface area contributed by atoms with Crippen molar-refractivity contribution in [1.82, 2.24) is 0 Å². The molecule has 0 aliphatic rings. The fraction of sp³-hybridized carbons (Fsp3) is 0.143. The maximum Gasteiger partial charge on any atom is 0 e. The van der Waals surface area contributed by atoms with Gasteiger partial charge in [0.25, 0.3) is 0 Å². The van der Waals surface area contributed by atoms with E-state index in [1.54, 1.807) is 12.1 Å². The van der Waals surface area contributed by atoms with Gasteiger partial charge in [0.1, 0.15) is 0 Å². The van der Waals surface area contributed by atoms with Crippen molar-refractivity contribution < 1.29 is 40.8 Å². The Bertz CT molecular complexity index is 369. The van der Waals surface area contributed by atoms with E-state index in [4.69, 9.17) is 30.3 Å². The summed E-state index contributed by atoms with van der Waals surface area (Å²) in [6, 6.07) is 8.66. The third-order valence-electron chi connectivity index (χ3n) is 1.19. The van der Waals surface area contributed by atoms with E-state index in [1.165, 1.54) is 12.1 Å². The summed E-state index contributed by atoms with van der Waals surface area (Å²) in [7, 11) is 12.3. The molecule has 1 aromatic carbocycles. The van der Waals surface area contributed by atoms with E-state index in [2.05, 4.69) is 10.2 Å². The van der Waals surface area contributed by atoms with Gasteiger partial charge in [-0.15, -0.1) is 0 Å². The molecule has 0 saturated carbocycles. The van der Waals surface area contributed by atoms with Crippen molar-refractivity contribution in [3.63, 3.8) is 0 Å². The first kappa shape index (κ1) is 19.4. The molecular formula is C7H7Cl3Fe2O3S-. The van der Waals surface area contributed by atoms with Gasteiger partial charge in [-0.2, -0.15) is 30.3 Å². The van der Waals surface area contributed by atoms with E-state index >= 15 is 0 Å².